The molecule has 0 saturated heterocycles. The number of hydrogen-bond donors (Lipinski definition) is 2. The Morgan fingerprint density at radius 3 is 2.60 bits per heavy atom. The third-order valence-electron chi connectivity index (χ3n) is 7.66. The molecule has 1 aromatic carbocycles. The number of benzene rings is 1. The van der Waals surface area contributed by atoms with E-state index < -0.39 is 0 Å². The molecule has 0 saturated carbocycles. The highest BCUT2D eigenvalue weighted by Gasteiger charge is 2.34. The van der Waals surface area contributed by atoms with Gasteiger partial charge in [0.2, 0.25) is 0 Å². The number of pyridine rings is 1. The van der Waals surface area contributed by atoms with Gasteiger partial charge in [0.15, 0.2) is 5.82 Å². The SMILES string of the molecule is CN1CCn2nc(Nc3cc(-c4cccc(N5Cc6cc(C(C)(C)C)sc6C5=O)c4CO)cn(C)c3=O)cc2C1. The zero-order chi connectivity index (χ0) is 28.3. The molecule has 2 aliphatic rings. The van der Waals surface area contributed by atoms with Gasteiger partial charge in [-0.1, -0.05) is 32.9 Å². The molecule has 10 heteroatoms. The van der Waals surface area contributed by atoms with Gasteiger partial charge < -0.3 is 19.9 Å². The predicted octanol–water partition coefficient (Wildman–Crippen LogP) is 4.45. The minimum Gasteiger partial charge on any atom is -0.392 e. The van der Waals surface area contributed by atoms with Gasteiger partial charge in [-0.05, 0) is 41.8 Å². The molecule has 6 rings (SSSR count). The van der Waals surface area contributed by atoms with Gasteiger partial charge in [0.25, 0.3) is 11.5 Å². The number of carbonyl (C=O) groups is 1. The predicted molar refractivity (Wildman–Crippen MR) is 158 cm³/mol. The first-order valence-electron chi connectivity index (χ1n) is 13.4. The van der Waals surface area contributed by atoms with Crippen molar-refractivity contribution in [3.63, 3.8) is 0 Å². The van der Waals surface area contributed by atoms with E-state index in [1.807, 2.05) is 28.9 Å². The van der Waals surface area contributed by atoms with Gasteiger partial charge in [-0.3, -0.25) is 19.2 Å². The van der Waals surface area contributed by atoms with Gasteiger partial charge in [-0.25, -0.2) is 0 Å². The molecule has 2 N–H and O–H groups in total. The Morgan fingerprint density at radius 1 is 1.07 bits per heavy atom. The maximum atomic E-state index is 13.5. The van der Waals surface area contributed by atoms with Crippen molar-refractivity contribution in [3.05, 3.63) is 79.5 Å². The number of nitrogens with zero attached hydrogens (tertiary/aromatic N) is 5. The van der Waals surface area contributed by atoms with Gasteiger partial charge in [0.1, 0.15) is 5.69 Å². The van der Waals surface area contributed by atoms with Crippen LogP contribution in [-0.2, 0) is 38.7 Å². The third-order valence-corrected chi connectivity index (χ3v) is 9.25. The number of hydrogen-bond acceptors (Lipinski definition) is 7. The summed E-state index contributed by atoms with van der Waals surface area (Å²) < 4.78 is 3.50. The summed E-state index contributed by atoms with van der Waals surface area (Å²) in [5.41, 5.74) is 5.17. The van der Waals surface area contributed by atoms with E-state index in [-0.39, 0.29) is 23.5 Å². The molecular formula is C30H34N6O3S. The van der Waals surface area contributed by atoms with Crippen molar-refractivity contribution in [1.29, 1.82) is 0 Å². The van der Waals surface area contributed by atoms with E-state index in [0.717, 1.165) is 46.9 Å². The Balaban J connectivity index is 1.35. The van der Waals surface area contributed by atoms with Crippen molar-refractivity contribution in [2.75, 3.05) is 23.8 Å². The van der Waals surface area contributed by atoms with Crippen molar-refractivity contribution in [2.24, 2.45) is 7.05 Å². The van der Waals surface area contributed by atoms with Gasteiger partial charge in [0.05, 0.1) is 36.0 Å². The topological polar surface area (TPSA) is 95.6 Å². The Kier molecular flexibility index (Phi) is 6.44. The molecule has 0 fully saturated rings. The zero-order valence-corrected chi connectivity index (χ0v) is 24.3. The molecule has 4 aromatic rings. The Labute approximate surface area is 237 Å². The lowest BCUT2D eigenvalue weighted by Gasteiger charge is -2.22. The molecule has 0 aliphatic carbocycles. The molecule has 1 amide bonds. The molecule has 0 bridgehead atoms. The summed E-state index contributed by atoms with van der Waals surface area (Å²) in [5.74, 6) is 0.582. The highest BCUT2D eigenvalue weighted by molar-refractivity contribution is 7.14. The number of aliphatic hydroxyl groups excluding tert-OH is 1. The number of carbonyl (C=O) groups excluding carboxylic acids is 1. The first kappa shape index (κ1) is 26.5. The van der Waals surface area contributed by atoms with Crippen molar-refractivity contribution < 1.29 is 9.90 Å². The summed E-state index contributed by atoms with van der Waals surface area (Å²) in [7, 11) is 3.79. The van der Waals surface area contributed by atoms with Crippen LogP contribution in [0.4, 0.5) is 17.2 Å². The lowest BCUT2D eigenvalue weighted by molar-refractivity contribution is 0.0999. The summed E-state index contributed by atoms with van der Waals surface area (Å²) in [4.78, 5) is 32.5. The summed E-state index contributed by atoms with van der Waals surface area (Å²) in [6.07, 6.45) is 1.76. The van der Waals surface area contributed by atoms with Crippen LogP contribution in [0.1, 0.15) is 52.1 Å². The molecule has 208 valence electrons. The van der Waals surface area contributed by atoms with E-state index in [0.29, 0.717) is 29.3 Å². The quantitative estimate of drug-likeness (QED) is 0.376. The highest BCUT2D eigenvalue weighted by Crippen LogP contribution is 2.41. The normalized spacial score (nSPS) is 15.4. The smallest absolute Gasteiger partial charge is 0.274 e. The maximum Gasteiger partial charge on any atom is 0.274 e. The second-order valence-corrected chi connectivity index (χ2v) is 12.8. The van der Waals surface area contributed by atoms with E-state index in [9.17, 15) is 14.7 Å². The second kappa shape index (κ2) is 9.72. The van der Waals surface area contributed by atoms with E-state index in [1.54, 1.807) is 35.5 Å². The maximum absolute atomic E-state index is 13.5. The minimum absolute atomic E-state index is 0.0163. The molecule has 0 atom stereocenters. The highest BCUT2D eigenvalue weighted by atomic mass is 32.1. The number of nitrogens with one attached hydrogen (secondary N) is 1. The second-order valence-electron chi connectivity index (χ2n) is 11.7. The lowest BCUT2D eigenvalue weighted by Crippen LogP contribution is -2.30. The van der Waals surface area contributed by atoms with E-state index in [2.05, 4.69) is 49.2 Å². The first-order valence-corrected chi connectivity index (χ1v) is 14.3. The monoisotopic (exact) mass is 558 g/mol. The largest absolute Gasteiger partial charge is 0.392 e. The average molecular weight is 559 g/mol. The summed E-state index contributed by atoms with van der Waals surface area (Å²) >= 11 is 1.56. The standard InChI is InChI=1S/C30H34N6O3S/c1-30(2,3)25-12-19-15-35(29(39)27(19)40-25)24-8-6-7-21(22(24)17-37)18-11-23(28(38)34(5)14-18)31-26-13-20-16-33(4)9-10-36(20)32-26/h6-8,11-14,37H,9-10,15-17H2,1-5H3,(H,31,32). The molecule has 9 nitrogen and oxygen atoms in total. The van der Waals surface area contributed by atoms with Gasteiger partial charge in [-0.2, -0.15) is 5.10 Å². The summed E-state index contributed by atoms with van der Waals surface area (Å²) in [5, 5.41) is 18.4. The zero-order valence-electron chi connectivity index (χ0n) is 23.5. The van der Waals surface area contributed by atoms with Crippen LogP contribution in [0.3, 0.4) is 0 Å². The minimum atomic E-state index is -0.247. The van der Waals surface area contributed by atoms with Crippen LogP contribution in [0, 0.1) is 0 Å². The number of rotatable bonds is 5. The third kappa shape index (κ3) is 4.55. The van der Waals surface area contributed by atoms with Crippen LogP contribution < -0.4 is 15.8 Å². The fourth-order valence-electron chi connectivity index (χ4n) is 5.47. The van der Waals surface area contributed by atoms with Crippen LogP contribution in [0.5, 0.6) is 0 Å². The van der Waals surface area contributed by atoms with Crippen LogP contribution >= 0.6 is 11.3 Å². The number of thiophene rings is 1. The molecule has 5 heterocycles. The molecule has 0 unspecified atom stereocenters. The van der Waals surface area contributed by atoms with Crippen LogP contribution in [0.25, 0.3) is 11.1 Å². The summed E-state index contributed by atoms with van der Waals surface area (Å²) in [6, 6.07) is 11.6. The Morgan fingerprint density at radius 2 is 1.88 bits per heavy atom. The number of anilines is 3. The average Bonchev–Trinajstić information content (AvgIpc) is 3.59. The van der Waals surface area contributed by atoms with Gasteiger partial charge in [0, 0.05) is 48.4 Å². The van der Waals surface area contributed by atoms with Crippen molar-refractivity contribution in [1.82, 2.24) is 19.2 Å². The molecule has 40 heavy (non-hydrogen) atoms. The molecule has 0 spiro atoms. The molecular weight excluding hydrogens is 524 g/mol. The lowest BCUT2D eigenvalue weighted by atomic mass is 9.94. The number of fused-ring (bicyclic) bond motifs is 2. The van der Waals surface area contributed by atoms with Crippen molar-refractivity contribution in [2.45, 2.75) is 52.4 Å². The Bertz CT molecular complexity index is 1690. The van der Waals surface area contributed by atoms with Gasteiger partial charge in [-0.15, -0.1) is 11.3 Å². The molecule has 0 radical (unpaired) electrons. The van der Waals surface area contributed by atoms with Crippen LogP contribution in [0.15, 0.2) is 47.4 Å². The number of aryl methyl sites for hydroxylation is 1. The Hall–Kier alpha value is -3.73. The molecule has 3 aromatic heterocycles. The number of aromatic nitrogens is 3. The van der Waals surface area contributed by atoms with Crippen molar-refractivity contribution >= 4 is 34.4 Å². The number of amides is 1. The number of aliphatic hydroxyl groups is 1. The molecule has 2 aliphatic heterocycles. The number of likely N-dealkylation sites (N-methyl/N-ethyl adjacent to an activating group) is 1. The fourth-order valence-corrected chi connectivity index (χ4v) is 6.64. The van der Waals surface area contributed by atoms with E-state index in [4.69, 9.17) is 0 Å². The van der Waals surface area contributed by atoms with Crippen LogP contribution in [0.2, 0.25) is 0 Å². The van der Waals surface area contributed by atoms with Crippen LogP contribution in [-0.4, -0.2) is 43.9 Å². The first-order chi connectivity index (χ1) is 19.0. The van der Waals surface area contributed by atoms with E-state index in [1.165, 1.54) is 9.44 Å². The van der Waals surface area contributed by atoms with Crippen molar-refractivity contribution in [3.8, 4) is 11.1 Å². The van der Waals surface area contributed by atoms with E-state index >= 15 is 0 Å². The summed E-state index contributed by atoms with van der Waals surface area (Å²) in [6.45, 7) is 9.21. The van der Waals surface area contributed by atoms with Gasteiger partial charge >= 0.3 is 0 Å². The fraction of sp³-hybridized carbons (Fsp3) is 0.367.